The Morgan fingerprint density at radius 2 is 1.89 bits per heavy atom. The van der Waals surface area contributed by atoms with Crippen LogP contribution in [0.25, 0.3) is 0 Å². The van der Waals surface area contributed by atoms with Gasteiger partial charge in [-0.2, -0.15) is 0 Å². The largest absolute Gasteiger partial charge is 0.504 e. The number of benzene rings is 1. The summed E-state index contributed by atoms with van der Waals surface area (Å²) >= 11 is 0. The van der Waals surface area contributed by atoms with Crippen molar-refractivity contribution < 1.29 is 10.2 Å². The summed E-state index contributed by atoms with van der Waals surface area (Å²) in [6.45, 7) is 1.18. The number of halogens is 1. The van der Waals surface area contributed by atoms with E-state index in [1.165, 1.54) is 36.9 Å². The van der Waals surface area contributed by atoms with Gasteiger partial charge in [-0.1, -0.05) is 0 Å². The van der Waals surface area contributed by atoms with Gasteiger partial charge in [0, 0.05) is 6.04 Å². The Morgan fingerprint density at radius 3 is 2.67 bits per heavy atom. The van der Waals surface area contributed by atoms with Gasteiger partial charge in [0.2, 0.25) is 0 Å². The second-order valence-corrected chi connectivity index (χ2v) is 5.38. The van der Waals surface area contributed by atoms with Gasteiger partial charge in [0.15, 0.2) is 11.5 Å². The second-order valence-electron chi connectivity index (χ2n) is 5.38. The van der Waals surface area contributed by atoms with Crippen LogP contribution in [-0.4, -0.2) is 34.7 Å². The Morgan fingerprint density at radius 1 is 1.17 bits per heavy atom. The molecule has 2 atom stereocenters. The minimum atomic E-state index is 0. The Hall–Kier alpha value is -0.740. The fraction of sp³-hybridized carbons (Fsp3) is 0.571. The molecule has 1 heterocycles. The highest BCUT2D eigenvalue weighted by Gasteiger charge is 2.35. The fourth-order valence-electron chi connectivity index (χ4n) is 3.51. The van der Waals surface area contributed by atoms with Crippen LogP contribution in [0, 0.1) is 0 Å². The topological polar surface area (TPSA) is 43.7 Å². The summed E-state index contributed by atoms with van der Waals surface area (Å²) in [5.41, 5.74) is 2.47. The number of nitrogens with zero attached hydrogens (tertiary/aromatic N) is 1. The molecule has 0 radical (unpaired) electrons. The lowest BCUT2D eigenvalue weighted by atomic mass is 9.74. The standard InChI is InChI=1S/C14H19NO2.BrH/c1-15-6-2-3-10-11-8-14(17)13(16)7-9(11)4-5-12(10)15;/h7-8,10,12,16-17H,2-6H2,1H3;1H/t10-,12-;/m1./s1. The maximum atomic E-state index is 9.67. The van der Waals surface area contributed by atoms with E-state index >= 15 is 0 Å². The molecule has 1 saturated heterocycles. The average Bonchev–Trinajstić information content (AvgIpc) is 2.31. The highest BCUT2D eigenvalue weighted by Crippen LogP contribution is 2.43. The predicted octanol–water partition coefficient (Wildman–Crippen LogP) is 2.80. The summed E-state index contributed by atoms with van der Waals surface area (Å²) in [6.07, 6.45) is 4.60. The Balaban J connectivity index is 0.00000120. The Labute approximate surface area is 118 Å². The van der Waals surface area contributed by atoms with Crippen LogP contribution in [0.5, 0.6) is 11.5 Å². The second kappa shape index (κ2) is 5.10. The van der Waals surface area contributed by atoms with E-state index in [4.69, 9.17) is 0 Å². The van der Waals surface area contributed by atoms with Gasteiger partial charge in [-0.05, 0) is 68.5 Å². The summed E-state index contributed by atoms with van der Waals surface area (Å²) in [6, 6.07) is 4.14. The van der Waals surface area contributed by atoms with Crippen LogP contribution in [0.1, 0.15) is 36.3 Å². The average molecular weight is 314 g/mol. The number of aryl methyl sites for hydroxylation is 1. The van der Waals surface area contributed by atoms with Gasteiger partial charge in [0.1, 0.15) is 0 Å². The van der Waals surface area contributed by atoms with Gasteiger partial charge in [-0.25, -0.2) is 0 Å². The van der Waals surface area contributed by atoms with E-state index in [9.17, 15) is 10.2 Å². The zero-order valence-corrected chi connectivity index (χ0v) is 12.3. The number of aromatic hydroxyl groups is 2. The summed E-state index contributed by atoms with van der Waals surface area (Å²) in [5, 5.41) is 19.2. The number of fused-ring (bicyclic) bond motifs is 3. The first-order chi connectivity index (χ1) is 8.16. The molecule has 3 rings (SSSR count). The maximum Gasteiger partial charge on any atom is 0.157 e. The van der Waals surface area contributed by atoms with Gasteiger partial charge in [-0.3, -0.25) is 0 Å². The molecule has 0 saturated carbocycles. The van der Waals surface area contributed by atoms with Crippen molar-refractivity contribution in [2.45, 2.75) is 37.6 Å². The van der Waals surface area contributed by atoms with Crippen LogP contribution in [-0.2, 0) is 6.42 Å². The fourth-order valence-corrected chi connectivity index (χ4v) is 3.51. The molecule has 2 aliphatic rings. The lowest BCUT2D eigenvalue weighted by Crippen LogP contribution is -2.43. The zero-order valence-electron chi connectivity index (χ0n) is 10.6. The van der Waals surface area contributed by atoms with E-state index in [1.807, 2.05) is 0 Å². The van der Waals surface area contributed by atoms with Crippen molar-refractivity contribution in [2.75, 3.05) is 13.6 Å². The lowest BCUT2D eigenvalue weighted by molar-refractivity contribution is 0.143. The monoisotopic (exact) mass is 313 g/mol. The normalized spacial score (nSPS) is 26.9. The number of piperidine rings is 1. The van der Waals surface area contributed by atoms with Crippen LogP contribution in [0.15, 0.2) is 12.1 Å². The molecule has 3 nitrogen and oxygen atoms in total. The molecule has 0 unspecified atom stereocenters. The van der Waals surface area contributed by atoms with E-state index in [0.29, 0.717) is 12.0 Å². The summed E-state index contributed by atoms with van der Waals surface area (Å²) < 4.78 is 0. The van der Waals surface area contributed by atoms with Crippen molar-refractivity contribution in [3.63, 3.8) is 0 Å². The zero-order chi connectivity index (χ0) is 12.0. The third-order valence-electron chi connectivity index (χ3n) is 4.40. The highest BCUT2D eigenvalue weighted by atomic mass is 79.9. The summed E-state index contributed by atoms with van der Waals surface area (Å²) in [7, 11) is 2.20. The number of phenols is 2. The SMILES string of the molecule is Br.CN1CCC[C@@H]2c3cc(O)c(O)cc3CC[C@H]21. The number of hydrogen-bond acceptors (Lipinski definition) is 3. The molecule has 0 spiro atoms. The number of rotatable bonds is 0. The van der Waals surface area contributed by atoms with E-state index in [1.54, 1.807) is 12.1 Å². The molecular weight excluding hydrogens is 294 g/mol. The first-order valence-electron chi connectivity index (χ1n) is 6.42. The Kier molecular flexibility index (Phi) is 3.87. The number of hydrogen-bond donors (Lipinski definition) is 2. The van der Waals surface area contributed by atoms with Crippen molar-refractivity contribution in [1.29, 1.82) is 0 Å². The molecule has 4 heteroatoms. The number of phenolic OH excluding ortho intramolecular Hbond substituents is 2. The van der Waals surface area contributed by atoms with Gasteiger partial charge >= 0.3 is 0 Å². The summed E-state index contributed by atoms with van der Waals surface area (Å²) in [4.78, 5) is 2.45. The van der Waals surface area contributed by atoms with E-state index in [-0.39, 0.29) is 28.5 Å². The third kappa shape index (κ3) is 2.12. The smallest absolute Gasteiger partial charge is 0.157 e. The lowest BCUT2D eigenvalue weighted by Gasteiger charge is -2.43. The molecule has 1 aliphatic carbocycles. The number of likely N-dealkylation sites (N-methyl/N-ethyl adjacent to an activating group) is 1. The minimum absolute atomic E-state index is 0. The molecule has 0 aromatic heterocycles. The molecule has 1 aliphatic heterocycles. The van der Waals surface area contributed by atoms with Crippen LogP contribution >= 0.6 is 17.0 Å². The first-order valence-corrected chi connectivity index (χ1v) is 6.42. The molecule has 1 fully saturated rings. The van der Waals surface area contributed by atoms with E-state index in [2.05, 4.69) is 11.9 Å². The highest BCUT2D eigenvalue weighted by molar-refractivity contribution is 8.93. The third-order valence-corrected chi connectivity index (χ3v) is 4.40. The molecule has 0 amide bonds. The van der Waals surface area contributed by atoms with Gasteiger partial charge in [0.25, 0.3) is 0 Å². The molecule has 1 aromatic rings. The van der Waals surface area contributed by atoms with Gasteiger partial charge in [0.05, 0.1) is 0 Å². The molecule has 0 bridgehead atoms. The quantitative estimate of drug-likeness (QED) is 0.724. The molecule has 1 aromatic carbocycles. The van der Waals surface area contributed by atoms with Crippen molar-refractivity contribution in [3.05, 3.63) is 23.3 Å². The van der Waals surface area contributed by atoms with Crippen molar-refractivity contribution >= 4 is 17.0 Å². The van der Waals surface area contributed by atoms with Crippen molar-refractivity contribution in [1.82, 2.24) is 4.90 Å². The molecule has 100 valence electrons. The van der Waals surface area contributed by atoms with Crippen molar-refractivity contribution in [3.8, 4) is 11.5 Å². The summed E-state index contributed by atoms with van der Waals surface area (Å²) in [5.74, 6) is 0.577. The van der Waals surface area contributed by atoms with Gasteiger partial charge < -0.3 is 15.1 Å². The van der Waals surface area contributed by atoms with Crippen LogP contribution in [0.4, 0.5) is 0 Å². The van der Waals surface area contributed by atoms with Gasteiger partial charge in [-0.15, -0.1) is 17.0 Å². The van der Waals surface area contributed by atoms with Crippen LogP contribution in [0.2, 0.25) is 0 Å². The van der Waals surface area contributed by atoms with E-state index in [0.717, 1.165) is 6.42 Å². The molecule has 18 heavy (non-hydrogen) atoms. The number of likely N-dealkylation sites (tertiary alicyclic amines) is 1. The van der Waals surface area contributed by atoms with Crippen LogP contribution < -0.4 is 0 Å². The molecular formula is C14H20BrNO2. The Bertz CT molecular complexity index is 450. The minimum Gasteiger partial charge on any atom is -0.504 e. The van der Waals surface area contributed by atoms with Crippen molar-refractivity contribution in [2.24, 2.45) is 0 Å². The first kappa shape index (κ1) is 13.7. The van der Waals surface area contributed by atoms with E-state index < -0.39 is 0 Å². The maximum absolute atomic E-state index is 9.67. The van der Waals surface area contributed by atoms with Crippen LogP contribution in [0.3, 0.4) is 0 Å². The predicted molar refractivity (Wildman–Crippen MR) is 76.8 cm³/mol. The molecule has 2 N–H and O–H groups in total.